The van der Waals surface area contributed by atoms with E-state index in [9.17, 15) is 0 Å². The SMILES string of the molecule is COC1(CCN(C)CCNC(C)(C)C)CCC1. The van der Waals surface area contributed by atoms with Crippen LogP contribution in [-0.2, 0) is 4.74 Å². The zero-order chi connectivity index (χ0) is 12.9. The lowest BCUT2D eigenvalue weighted by Crippen LogP contribution is -2.44. The Labute approximate surface area is 107 Å². The average Bonchev–Trinajstić information content (AvgIpc) is 2.14. The van der Waals surface area contributed by atoms with Gasteiger partial charge < -0.3 is 15.0 Å². The van der Waals surface area contributed by atoms with Crippen molar-refractivity contribution in [3.63, 3.8) is 0 Å². The van der Waals surface area contributed by atoms with Gasteiger partial charge in [0.2, 0.25) is 0 Å². The minimum atomic E-state index is 0.214. The van der Waals surface area contributed by atoms with Crippen molar-refractivity contribution in [2.75, 3.05) is 33.8 Å². The number of rotatable bonds is 7. The maximum atomic E-state index is 5.64. The van der Waals surface area contributed by atoms with Crippen LogP contribution in [0.25, 0.3) is 0 Å². The van der Waals surface area contributed by atoms with Crippen LogP contribution in [0.1, 0.15) is 46.5 Å². The number of hydrogen-bond acceptors (Lipinski definition) is 3. The molecule has 0 aliphatic heterocycles. The van der Waals surface area contributed by atoms with Crippen molar-refractivity contribution in [2.24, 2.45) is 0 Å². The summed E-state index contributed by atoms with van der Waals surface area (Å²) in [6.45, 7) is 9.93. The smallest absolute Gasteiger partial charge is 0.0691 e. The molecule has 3 heteroatoms. The monoisotopic (exact) mass is 242 g/mol. The maximum Gasteiger partial charge on any atom is 0.0691 e. The minimum Gasteiger partial charge on any atom is -0.378 e. The predicted molar refractivity (Wildman–Crippen MR) is 73.5 cm³/mol. The molecule has 102 valence electrons. The average molecular weight is 242 g/mol. The van der Waals surface area contributed by atoms with Crippen molar-refractivity contribution < 1.29 is 4.74 Å². The quantitative estimate of drug-likeness (QED) is 0.741. The summed E-state index contributed by atoms with van der Waals surface area (Å²) in [6.07, 6.45) is 5.01. The Hall–Kier alpha value is -0.120. The van der Waals surface area contributed by atoms with Crippen LogP contribution < -0.4 is 5.32 Å². The summed E-state index contributed by atoms with van der Waals surface area (Å²) in [7, 11) is 4.06. The Morgan fingerprint density at radius 2 is 1.88 bits per heavy atom. The minimum absolute atomic E-state index is 0.214. The van der Waals surface area contributed by atoms with Gasteiger partial charge in [-0.2, -0.15) is 0 Å². The largest absolute Gasteiger partial charge is 0.378 e. The molecule has 0 atom stereocenters. The Morgan fingerprint density at radius 3 is 2.29 bits per heavy atom. The first kappa shape index (κ1) is 14.9. The summed E-state index contributed by atoms with van der Waals surface area (Å²) in [5.41, 5.74) is 0.439. The van der Waals surface area contributed by atoms with Crippen LogP contribution in [-0.4, -0.2) is 49.8 Å². The third kappa shape index (κ3) is 5.36. The van der Waals surface area contributed by atoms with Gasteiger partial charge in [0.25, 0.3) is 0 Å². The van der Waals surface area contributed by atoms with Gasteiger partial charge in [0, 0.05) is 32.3 Å². The molecule has 0 aromatic rings. The summed E-state index contributed by atoms with van der Waals surface area (Å²) >= 11 is 0. The number of likely N-dealkylation sites (N-methyl/N-ethyl adjacent to an activating group) is 1. The van der Waals surface area contributed by atoms with E-state index in [4.69, 9.17) is 4.74 Å². The molecule has 1 rings (SSSR count). The molecular formula is C14H30N2O. The Kier molecular flexibility index (Phi) is 5.42. The molecule has 1 aliphatic rings. The van der Waals surface area contributed by atoms with Gasteiger partial charge in [-0.1, -0.05) is 0 Å². The van der Waals surface area contributed by atoms with Crippen LogP contribution in [0.3, 0.4) is 0 Å². The van der Waals surface area contributed by atoms with Crippen LogP contribution in [0.5, 0.6) is 0 Å². The van der Waals surface area contributed by atoms with Crippen molar-refractivity contribution >= 4 is 0 Å². The first-order valence-electron chi connectivity index (χ1n) is 6.86. The highest BCUT2D eigenvalue weighted by Gasteiger charge is 2.36. The predicted octanol–water partition coefficient (Wildman–Crippen LogP) is 2.27. The van der Waals surface area contributed by atoms with Crippen molar-refractivity contribution in [2.45, 2.75) is 57.6 Å². The second-order valence-electron chi connectivity index (χ2n) is 6.47. The molecule has 0 heterocycles. The molecule has 0 aromatic carbocycles. The molecule has 0 amide bonds. The third-order valence-corrected chi connectivity index (χ3v) is 3.80. The van der Waals surface area contributed by atoms with Gasteiger partial charge >= 0.3 is 0 Å². The highest BCUT2D eigenvalue weighted by Crippen LogP contribution is 2.37. The number of hydrogen-bond donors (Lipinski definition) is 1. The molecule has 0 unspecified atom stereocenters. The van der Waals surface area contributed by atoms with E-state index >= 15 is 0 Å². The van der Waals surface area contributed by atoms with Gasteiger partial charge in [0.15, 0.2) is 0 Å². The zero-order valence-corrected chi connectivity index (χ0v) is 12.3. The molecule has 1 fully saturated rings. The van der Waals surface area contributed by atoms with Crippen LogP contribution in [0.2, 0.25) is 0 Å². The lowest BCUT2D eigenvalue weighted by atomic mass is 9.77. The summed E-state index contributed by atoms with van der Waals surface area (Å²) < 4.78 is 5.64. The molecule has 0 aromatic heterocycles. The molecule has 1 saturated carbocycles. The highest BCUT2D eigenvalue weighted by atomic mass is 16.5. The fraction of sp³-hybridized carbons (Fsp3) is 1.00. The molecule has 1 N–H and O–H groups in total. The van der Waals surface area contributed by atoms with Gasteiger partial charge in [-0.15, -0.1) is 0 Å². The topological polar surface area (TPSA) is 24.5 Å². The second-order valence-corrected chi connectivity index (χ2v) is 6.47. The summed E-state index contributed by atoms with van der Waals surface area (Å²) in [6, 6.07) is 0. The van der Waals surface area contributed by atoms with Gasteiger partial charge in [-0.05, 0) is 53.5 Å². The normalized spacial score (nSPS) is 19.4. The van der Waals surface area contributed by atoms with Crippen LogP contribution in [0.15, 0.2) is 0 Å². The van der Waals surface area contributed by atoms with Crippen LogP contribution in [0, 0.1) is 0 Å². The molecule has 0 radical (unpaired) electrons. The Bertz CT molecular complexity index is 213. The third-order valence-electron chi connectivity index (χ3n) is 3.80. The van der Waals surface area contributed by atoms with Gasteiger partial charge in [-0.25, -0.2) is 0 Å². The lowest BCUT2D eigenvalue weighted by molar-refractivity contribution is -0.0810. The molecular weight excluding hydrogens is 212 g/mol. The first-order chi connectivity index (χ1) is 7.87. The standard InChI is InChI=1S/C14H30N2O/c1-13(2,3)15-10-12-16(4)11-9-14(17-5)7-6-8-14/h15H,6-12H2,1-5H3. The highest BCUT2D eigenvalue weighted by molar-refractivity contribution is 4.89. The number of methoxy groups -OCH3 is 1. The molecule has 0 spiro atoms. The van der Waals surface area contributed by atoms with Crippen molar-refractivity contribution in [3.05, 3.63) is 0 Å². The number of ether oxygens (including phenoxy) is 1. The molecule has 0 saturated heterocycles. The molecule has 3 nitrogen and oxygen atoms in total. The summed E-state index contributed by atoms with van der Waals surface area (Å²) in [5.74, 6) is 0. The van der Waals surface area contributed by atoms with Gasteiger partial charge in [-0.3, -0.25) is 0 Å². The van der Waals surface area contributed by atoms with Crippen molar-refractivity contribution in [3.8, 4) is 0 Å². The van der Waals surface area contributed by atoms with E-state index in [1.165, 1.54) is 25.7 Å². The van der Waals surface area contributed by atoms with Crippen LogP contribution in [0.4, 0.5) is 0 Å². The Balaban J connectivity index is 2.11. The maximum absolute atomic E-state index is 5.64. The van der Waals surface area contributed by atoms with E-state index in [1.54, 1.807) is 0 Å². The molecule has 1 aliphatic carbocycles. The fourth-order valence-corrected chi connectivity index (χ4v) is 2.26. The zero-order valence-electron chi connectivity index (χ0n) is 12.3. The number of nitrogens with one attached hydrogen (secondary N) is 1. The van der Waals surface area contributed by atoms with E-state index in [2.05, 4.69) is 38.0 Å². The lowest BCUT2D eigenvalue weighted by Gasteiger charge is -2.41. The Morgan fingerprint density at radius 1 is 1.24 bits per heavy atom. The van der Waals surface area contributed by atoms with Crippen molar-refractivity contribution in [1.82, 2.24) is 10.2 Å². The fourth-order valence-electron chi connectivity index (χ4n) is 2.26. The summed E-state index contributed by atoms with van der Waals surface area (Å²) in [5, 5.41) is 3.52. The second kappa shape index (κ2) is 6.17. The number of nitrogens with zero attached hydrogens (tertiary/aromatic N) is 1. The van der Waals surface area contributed by atoms with E-state index in [-0.39, 0.29) is 11.1 Å². The van der Waals surface area contributed by atoms with E-state index in [1.807, 2.05) is 7.11 Å². The van der Waals surface area contributed by atoms with E-state index < -0.39 is 0 Å². The van der Waals surface area contributed by atoms with Gasteiger partial charge in [0.1, 0.15) is 0 Å². The van der Waals surface area contributed by atoms with Crippen LogP contribution >= 0.6 is 0 Å². The van der Waals surface area contributed by atoms with E-state index in [0.717, 1.165) is 19.6 Å². The van der Waals surface area contributed by atoms with Crippen molar-refractivity contribution in [1.29, 1.82) is 0 Å². The van der Waals surface area contributed by atoms with E-state index in [0.29, 0.717) is 0 Å². The summed E-state index contributed by atoms with van der Waals surface area (Å²) in [4.78, 5) is 2.40. The van der Waals surface area contributed by atoms with Gasteiger partial charge in [0.05, 0.1) is 5.60 Å². The molecule has 17 heavy (non-hydrogen) atoms. The molecule has 0 bridgehead atoms. The first-order valence-corrected chi connectivity index (χ1v) is 6.86.